The van der Waals surface area contributed by atoms with Crippen molar-refractivity contribution >= 4 is 16.1 Å². The lowest BCUT2D eigenvalue weighted by Gasteiger charge is -2.29. The summed E-state index contributed by atoms with van der Waals surface area (Å²) in [6, 6.07) is 8.35. The normalized spacial score (nSPS) is 12.8. The zero-order valence-corrected chi connectivity index (χ0v) is 20.1. The fourth-order valence-electron chi connectivity index (χ4n) is 3.46. The smallest absolute Gasteiger partial charge is 0.407 e. The number of alkyl carbamates (subject to hydrolysis) is 1. The molecule has 2 heterocycles. The lowest BCUT2D eigenvalue weighted by atomic mass is 9.85. The number of pyridine rings is 1. The van der Waals surface area contributed by atoms with E-state index in [0.29, 0.717) is 3.97 Å². The van der Waals surface area contributed by atoms with Crippen LogP contribution < -0.4 is 10.1 Å². The molecule has 0 saturated heterocycles. The predicted molar refractivity (Wildman–Crippen MR) is 121 cm³/mol. The van der Waals surface area contributed by atoms with Crippen LogP contribution in [0.4, 0.5) is 13.6 Å². The molecular weight excluding hydrogens is 468 g/mol. The summed E-state index contributed by atoms with van der Waals surface area (Å²) in [6.07, 6.45) is 0.109. The van der Waals surface area contributed by atoms with E-state index < -0.39 is 45.1 Å². The van der Waals surface area contributed by atoms with Crippen molar-refractivity contribution in [3.63, 3.8) is 0 Å². The second kappa shape index (κ2) is 9.41. The van der Waals surface area contributed by atoms with Gasteiger partial charge in [0.25, 0.3) is 10.0 Å². The summed E-state index contributed by atoms with van der Waals surface area (Å²) in [5, 5.41) is 2.29. The Morgan fingerprint density at radius 2 is 1.82 bits per heavy atom. The lowest BCUT2D eigenvalue weighted by molar-refractivity contribution is 0.0294. The van der Waals surface area contributed by atoms with Gasteiger partial charge in [-0.2, -0.15) is 4.39 Å². The SMILES string of the molecule is CNC(=O)OC(c1cn(S(=O)(=O)c2ccccc2OC)c(-c2cccnc2F)c1F)C(C)(C)C. The van der Waals surface area contributed by atoms with Gasteiger partial charge in [0.1, 0.15) is 22.4 Å². The maximum Gasteiger partial charge on any atom is 0.407 e. The van der Waals surface area contributed by atoms with E-state index in [1.165, 1.54) is 44.5 Å². The monoisotopic (exact) mass is 493 g/mol. The van der Waals surface area contributed by atoms with Gasteiger partial charge in [-0.15, -0.1) is 0 Å². The number of hydrogen-bond acceptors (Lipinski definition) is 6. The Labute approximate surface area is 196 Å². The van der Waals surface area contributed by atoms with Crippen molar-refractivity contribution in [1.82, 2.24) is 14.3 Å². The summed E-state index contributed by atoms with van der Waals surface area (Å²) < 4.78 is 69.3. The average Bonchev–Trinajstić information content (AvgIpc) is 3.13. The first-order chi connectivity index (χ1) is 15.9. The number of rotatable bonds is 6. The number of hydrogen-bond donors (Lipinski definition) is 1. The van der Waals surface area contributed by atoms with Crippen molar-refractivity contribution in [2.45, 2.75) is 31.8 Å². The summed E-state index contributed by atoms with van der Waals surface area (Å²) in [6.45, 7) is 5.07. The first-order valence-electron chi connectivity index (χ1n) is 10.2. The molecule has 1 unspecified atom stereocenters. The van der Waals surface area contributed by atoms with Crippen LogP contribution in [-0.4, -0.2) is 37.6 Å². The highest BCUT2D eigenvalue weighted by Crippen LogP contribution is 2.42. The first kappa shape index (κ1) is 25.2. The summed E-state index contributed by atoms with van der Waals surface area (Å²) in [7, 11) is -1.86. The molecule has 0 fully saturated rings. The number of amides is 1. The number of nitrogens with zero attached hydrogens (tertiary/aromatic N) is 2. The highest BCUT2D eigenvalue weighted by molar-refractivity contribution is 7.90. The predicted octanol–water partition coefficient (Wildman–Crippen LogP) is 4.52. The molecule has 0 radical (unpaired) electrons. The Hall–Kier alpha value is -3.47. The Morgan fingerprint density at radius 1 is 1.15 bits per heavy atom. The quantitative estimate of drug-likeness (QED) is 0.507. The van der Waals surface area contributed by atoms with Crippen LogP contribution in [0, 0.1) is 17.2 Å². The number of carbonyl (C=O) groups excluding carboxylic acids is 1. The summed E-state index contributed by atoms with van der Waals surface area (Å²) in [5.74, 6) is -2.11. The van der Waals surface area contributed by atoms with Crippen LogP contribution in [0.2, 0.25) is 0 Å². The van der Waals surface area contributed by atoms with Gasteiger partial charge in [-0.25, -0.2) is 26.6 Å². The third-order valence-corrected chi connectivity index (χ3v) is 6.76. The molecule has 182 valence electrons. The largest absolute Gasteiger partial charge is 0.495 e. The first-order valence-corrected chi connectivity index (χ1v) is 11.7. The number of methoxy groups -OCH3 is 1. The van der Waals surface area contributed by atoms with E-state index in [-0.39, 0.29) is 21.8 Å². The van der Waals surface area contributed by atoms with E-state index in [1.54, 1.807) is 26.8 Å². The maximum atomic E-state index is 16.0. The Kier molecular flexibility index (Phi) is 6.97. The van der Waals surface area contributed by atoms with Gasteiger partial charge in [-0.05, 0) is 24.3 Å². The van der Waals surface area contributed by atoms with E-state index in [2.05, 4.69) is 10.3 Å². The van der Waals surface area contributed by atoms with E-state index in [0.717, 1.165) is 12.4 Å². The molecule has 1 N–H and O–H groups in total. The molecule has 1 atom stereocenters. The minimum absolute atomic E-state index is 0.0183. The Morgan fingerprint density at radius 3 is 2.41 bits per heavy atom. The molecular formula is C23H25F2N3O5S. The number of ether oxygens (including phenoxy) is 2. The molecule has 11 heteroatoms. The molecule has 1 amide bonds. The fraction of sp³-hybridized carbons (Fsp3) is 0.304. The third kappa shape index (κ3) is 4.60. The van der Waals surface area contributed by atoms with Crippen LogP contribution >= 0.6 is 0 Å². The van der Waals surface area contributed by atoms with Crippen molar-refractivity contribution in [3.05, 3.63) is 66.1 Å². The topological polar surface area (TPSA) is 99.5 Å². The third-order valence-electron chi connectivity index (χ3n) is 5.06. The second-order valence-electron chi connectivity index (χ2n) is 8.44. The van der Waals surface area contributed by atoms with Gasteiger partial charge in [0.15, 0.2) is 5.82 Å². The van der Waals surface area contributed by atoms with Crippen LogP contribution in [0.5, 0.6) is 5.75 Å². The van der Waals surface area contributed by atoms with Gasteiger partial charge < -0.3 is 14.8 Å². The van der Waals surface area contributed by atoms with Crippen molar-refractivity contribution in [2.75, 3.05) is 14.2 Å². The van der Waals surface area contributed by atoms with Crippen LogP contribution in [0.1, 0.15) is 32.4 Å². The zero-order valence-electron chi connectivity index (χ0n) is 19.3. The van der Waals surface area contributed by atoms with Crippen molar-refractivity contribution in [2.24, 2.45) is 5.41 Å². The summed E-state index contributed by atoms with van der Waals surface area (Å²) in [4.78, 5) is 15.3. The minimum Gasteiger partial charge on any atom is -0.495 e. The van der Waals surface area contributed by atoms with Crippen LogP contribution in [0.25, 0.3) is 11.3 Å². The van der Waals surface area contributed by atoms with Crippen LogP contribution in [0.15, 0.2) is 53.7 Å². The van der Waals surface area contributed by atoms with Crippen LogP contribution in [-0.2, 0) is 14.8 Å². The molecule has 8 nitrogen and oxygen atoms in total. The molecule has 3 aromatic rings. The van der Waals surface area contributed by atoms with Crippen molar-refractivity contribution in [3.8, 4) is 17.0 Å². The Balaban J connectivity index is 2.38. The Bertz CT molecular complexity index is 1320. The molecule has 3 rings (SSSR count). The number of benzene rings is 1. The van der Waals surface area contributed by atoms with Crippen molar-refractivity contribution in [1.29, 1.82) is 0 Å². The highest BCUT2D eigenvalue weighted by Gasteiger charge is 2.38. The number of nitrogens with one attached hydrogen (secondary N) is 1. The van der Waals surface area contributed by atoms with Gasteiger partial charge >= 0.3 is 6.09 Å². The van der Waals surface area contributed by atoms with Gasteiger partial charge in [0.2, 0.25) is 5.95 Å². The molecule has 0 bridgehead atoms. The molecule has 2 aromatic heterocycles. The molecule has 0 aliphatic carbocycles. The van der Waals surface area contributed by atoms with Gasteiger partial charge in [0, 0.05) is 30.4 Å². The maximum absolute atomic E-state index is 16.0. The minimum atomic E-state index is -4.49. The van der Waals surface area contributed by atoms with Gasteiger partial charge in [0.05, 0.1) is 12.7 Å². The standard InChI is InChI=1S/C23H25F2N3O5S/c1-23(2,3)20(33-22(29)26-4)15-13-28(19(18(15)24)14-9-8-12-27-21(14)25)34(30,31)17-11-7-6-10-16(17)32-5/h6-13,20H,1-5H3,(H,26,29). The van der Waals surface area contributed by atoms with E-state index in [1.807, 2.05) is 0 Å². The summed E-state index contributed by atoms with van der Waals surface area (Å²) in [5.41, 5.74) is -2.05. The lowest BCUT2D eigenvalue weighted by Crippen LogP contribution is -2.29. The van der Waals surface area contributed by atoms with Gasteiger partial charge in [-0.3, -0.25) is 0 Å². The second-order valence-corrected chi connectivity index (χ2v) is 10.2. The fourth-order valence-corrected chi connectivity index (χ4v) is 5.00. The zero-order chi connectivity index (χ0) is 25.3. The number of carbonyl (C=O) groups is 1. The van der Waals surface area contributed by atoms with Gasteiger partial charge in [-0.1, -0.05) is 32.9 Å². The van der Waals surface area contributed by atoms with E-state index in [9.17, 15) is 17.6 Å². The highest BCUT2D eigenvalue weighted by atomic mass is 32.2. The molecule has 0 aliphatic rings. The molecule has 0 aliphatic heterocycles. The number of aromatic nitrogens is 2. The molecule has 0 saturated carbocycles. The number of halogens is 2. The van der Waals surface area contributed by atoms with Crippen LogP contribution in [0.3, 0.4) is 0 Å². The molecule has 0 spiro atoms. The van der Waals surface area contributed by atoms with Crippen molar-refractivity contribution < 1.29 is 31.5 Å². The summed E-state index contributed by atoms with van der Waals surface area (Å²) >= 11 is 0. The average molecular weight is 494 g/mol. The number of para-hydroxylation sites is 1. The molecule has 1 aromatic carbocycles. The van der Waals surface area contributed by atoms with E-state index >= 15 is 4.39 Å². The van der Waals surface area contributed by atoms with E-state index in [4.69, 9.17) is 9.47 Å². The molecule has 34 heavy (non-hydrogen) atoms.